The van der Waals surface area contributed by atoms with Crippen molar-refractivity contribution in [3.63, 3.8) is 0 Å². The lowest BCUT2D eigenvalue weighted by Crippen LogP contribution is -2.33. The van der Waals surface area contributed by atoms with Gasteiger partial charge in [0.1, 0.15) is 12.3 Å². The Morgan fingerprint density at radius 3 is 2.55 bits per heavy atom. The van der Waals surface area contributed by atoms with E-state index in [2.05, 4.69) is 0 Å². The smallest absolute Gasteiger partial charge is 0.340 e. The highest BCUT2D eigenvalue weighted by Gasteiger charge is 2.30. The maximum Gasteiger partial charge on any atom is 0.340 e. The SMILES string of the molecule is COC(=O)c1cn(CC(=O)N2CCCC2c2ccc(OC)cc2)c2ccccc12. The second-order valence-corrected chi connectivity index (χ2v) is 7.20. The van der Waals surface area contributed by atoms with Crippen molar-refractivity contribution in [3.8, 4) is 5.75 Å². The van der Waals surface area contributed by atoms with Crippen molar-refractivity contribution in [3.05, 3.63) is 65.9 Å². The van der Waals surface area contributed by atoms with Crippen molar-refractivity contribution in [2.45, 2.75) is 25.4 Å². The molecule has 1 aliphatic heterocycles. The van der Waals surface area contributed by atoms with Crippen LogP contribution in [-0.2, 0) is 16.1 Å². The number of rotatable bonds is 5. The Morgan fingerprint density at radius 1 is 1.07 bits per heavy atom. The number of likely N-dealkylation sites (tertiary alicyclic amines) is 1. The Hall–Kier alpha value is -3.28. The van der Waals surface area contributed by atoms with Crippen LogP contribution in [0.2, 0.25) is 0 Å². The minimum absolute atomic E-state index is 0.0421. The summed E-state index contributed by atoms with van der Waals surface area (Å²) in [5.41, 5.74) is 2.44. The third kappa shape index (κ3) is 3.58. The average molecular weight is 392 g/mol. The van der Waals surface area contributed by atoms with Gasteiger partial charge in [-0.3, -0.25) is 4.79 Å². The number of fused-ring (bicyclic) bond motifs is 1. The normalized spacial score (nSPS) is 16.2. The number of ether oxygens (including phenoxy) is 2. The van der Waals surface area contributed by atoms with Crippen LogP contribution in [0.4, 0.5) is 0 Å². The van der Waals surface area contributed by atoms with Crippen molar-refractivity contribution in [2.75, 3.05) is 20.8 Å². The minimum atomic E-state index is -0.398. The number of aromatic nitrogens is 1. The minimum Gasteiger partial charge on any atom is -0.497 e. The maximum atomic E-state index is 13.2. The Morgan fingerprint density at radius 2 is 1.83 bits per heavy atom. The molecule has 0 radical (unpaired) electrons. The second-order valence-electron chi connectivity index (χ2n) is 7.20. The van der Waals surface area contributed by atoms with Crippen molar-refractivity contribution < 1.29 is 19.1 Å². The molecule has 1 unspecified atom stereocenters. The van der Waals surface area contributed by atoms with Gasteiger partial charge in [-0.05, 0) is 36.6 Å². The molecule has 2 aromatic carbocycles. The van der Waals surface area contributed by atoms with Crippen LogP contribution in [0.15, 0.2) is 54.7 Å². The van der Waals surface area contributed by atoms with Crippen LogP contribution < -0.4 is 4.74 Å². The number of hydrogen-bond acceptors (Lipinski definition) is 4. The first-order valence-electron chi connectivity index (χ1n) is 9.72. The molecule has 0 bridgehead atoms. The molecule has 6 nitrogen and oxygen atoms in total. The van der Waals surface area contributed by atoms with Gasteiger partial charge in [0.25, 0.3) is 0 Å². The molecule has 1 amide bonds. The molecular weight excluding hydrogens is 368 g/mol. The van der Waals surface area contributed by atoms with Crippen molar-refractivity contribution in [1.82, 2.24) is 9.47 Å². The number of hydrogen-bond donors (Lipinski definition) is 0. The van der Waals surface area contributed by atoms with E-state index in [0.29, 0.717) is 5.56 Å². The molecule has 0 saturated carbocycles. The molecule has 29 heavy (non-hydrogen) atoms. The van der Waals surface area contributed by atoms with E-state index >= 15 is 0 Å². The highest BCUT2D eigenvalue weighted by molar-refractivity contribution is 6.04. The summed E-state index contributed by atoms with van der Waals surface area (Å²) in [6, 6.07) is 15.5. The average Bonchev–Trinajstić information content (AvgIpc) is 3.39. The number of para-hydroxylation sites is 1. The zero-order valence-electron chi connectivity index (χ0n) is 16.6. The number of benzene rings is 2. The van der Waals surface area contributed by atoms with Crippen LogP contribution >= 0.6 is 0 Å². The van der Waals surface area contributed by atoms with E-state index in [1.165, 1.54) is 7.11 Å². The number of carbonyl (C=O) groups excluding carboxylic acids is 2. The van der Waals surface area contributed by atoms with Crippen LogP contribution in [0.25, 0.3) is 10.9 Å². The lowest BCUT2D eigenvalue weighted by Gasteiger charge is -2.25. The molecule has 6 heteroatoms. The summed E-state index contributed by atoms with van der Waals surface area (Å²) in [6.07, 6.45) is 3.63. The van der Waals surface area contributed by atoms with E-state index < -0.39 is 5.97 Å². The van der Waals surface area contributed by atoms with Crippen LogP contribution in [0.5, 0.6) is 5.75 Å². The Kier molecular flexibility index (Phi) is 5.25. The van der Waals surface area contributed by atoms with Gasteiger partial charge in [-0.25, -0.2) is 4.79 Å². The molecule has 1 aliphatic rings. The lowest BCUT2D eigenvalue weighted by molar-refractivity contribution is -0.132. The molecule has 0 spiro atoms. The molecule has 1 aromatic heterocycles. The monoisotopic (exact) mass is 392 g/mol. The number of carbonyl (C=O) groups is 2. The first kappa shape index (κ1) is 19.1. The van der Waals surface area contributed by atoms with E-state index in [-0.39, 0.29) is 18.5 Å². The molecule has 2 heterocycles. The lowest BCUT2D eigenvalue weighted by atomic mass is 10.0. The van der Waals surface area contributed by atoms with E-state index in [0.717, 1.165) is 41.6 Å². The third-order valence-corrected chi connectivity index (χ3v) is 5.57. The van der Waals surface area contributed by atoms with Gasteiger partial charge in [0.2, 0.25) is 5.91 Å². The van der Waals surface area contributed by atoms with Gasteiger partial charge in [0.05, 0.1) is 25.8 Å². The fraction of sp³-hybridized carbons (Fsp3) is 0.304. The van der Waals surface area contributed by atoms with Crippen LogP contribution in [0, 0.1) is 0 Å². The number of nitrogens with zero attached hydrogens (tertiary/aromatic N) is 2. The molecule has 1 atom stereocenters. The molecule has 150 valence electrons. The fourth-order valence-corrected chi connectivity index (χ4v) is 4.12. The van der Waals surface area contributed by atoms with Crippen LogP contribution in [0.3, 0.4) is 0 Å². The van der Waals surface area contributed by atoms with Gasteiger partial charge in [-0.1, -0.05) is 30.3 Å². The summed E-state index contributed by atoms with van der Waals surface area (Å²) in [4.78, 5) is 27.2. The van der Waals surface area contributed by atoms with Crippen LogP contribution in [-0.4, -0.2) is 42.1 Å². The first-order chi connectivity index (χ1) is 14.1. The zero-order chi connectivity index (χ0) is 20.4. The van der Waals surface area contributed by atoms with E-state index in [4.69, 9.17) is 9.47 Å². The molecule has 0 N–H and O–H groups in total. The predicted molar refractivity (Wildman–Crippen MR) is 110 cm³/mol. The summed E-state index contributed by atoms with van der Waals surface area (Å²) < 4.78 is 12.0. The highest BCUT2D eigenvalue weighted by atomic mass is 16.5. The maximum absolute atomic E-state index is 13.2. The Bertz CT molecular complexity index is 1040. The summed E-state index contributed by atoms with van der Waals surface area (Å²) >= 11 is 0. The molecular formula is C23H24N2O4. The second kappa shape index (κ2) is 7.99. The topological polar surface area (TPSA) is 60.8 Å². The summed E-state index contributed by atoms with van der Waals surface area (Å²) in [5, 5.41) is 0.792. The quantitative estimate of drug-likeness (QED) is 0.620. The predicted octanol–water partition coefficient (Wildman–Crippen LogP) is 3.80. The number of methoxy groups -OCH3 is 2. The van der Waals surface area contributed by atoms with Crippen molar-refractivity contribution in [1.29, 1.82) is 0 Å². The van der Waals surface area contributed by atoms with Gasteiger partial charge >= 0.3 is 5.97 Å². The molecule has 1 fully saturated rings. The molecule has 1 saturated heterocycles. The van der Waals surface area contributed by atoms with Gasteiger partial charge in [-0.2, -0.15) is 0 Å². The largest absolute Gasteiger partial charge is 0.497 e. The summed E-state index contributed by atoms with van der Waals surface area (Å²) in [7, 11) is 3.01. The highest BCUT2D eigenvalue weighted by Crippen LogP contribution is 2.33. The van der Waals surface area contributed by atoms with E-state index in [9.17, 15) is 9.59 Å². The standard InChI is InChI=1S/C23H24N2O4/c1-28-17-11-9-16(10-12-17)20-8-5-13-25(20)22(26)15-24-14-19(23(27)29-2)18-6-3-4-7-21(18)24/h3-4,6-7,9-12,14,20H,5,8,13,15H2,1-2H3. The first-order valence-corrected chi connectivity index (χ1v) is 9.72. The van der Waals surface area contributed by atoms with Crippen LogP contribution in [0.1, 0.15) is 34.8 Å². The summed E-state index contributed by atoms with van der Waals surface area (Å²) in [5.74, 6) is 0.448. The van der Waals surface area contributed by atoms with E-state index in [1.807, 2.05) is 58.0 Å². The summed E-state index contributed by atoms with van der Waals surface area (Å²) in [6.45, 7) is 0.919. The van der Waals surface area contributed by atoms with Gasteiger partial charge < -0.3 is 18.9 Å². The Labute approximate surface area is 169 Å². The fourth-order valence-electron chi connectivity index (χ4n) is 4.12. The Balaban J connectivity index is 1.59. The molecule has 3 aromatic rings. The number of amides is 1. The third-order valence-electron chi connectivity index (χ3n) is 5.57. The van der Waals surface area contributed by atoms with Gasteiger partial charge in [0.15, 0.2) is 0 Å². The van der Waals surface area contributed by atoms with Crippen molar-refractivity contribution >= 4 is 22.8 Å². The molecule has 0 aliphatic carbocycles. The number of esters is 1. The van der Waals surface area contributed by atoms with Gasteiger partial charge in [0, 0.05) is 23.6 Å². The molecule has 4 rings (SSSR count). The zero-order valence-corrected chi connectivity index (χ0v) is 16.6. The van der Waals surface area contributed by atoms with E-state index in [1.54, 1.807) is 13.3 Å². The van der Waals surface area contributed by atoms with Crippen molar-refractivity contribution in [2.24, 2.45) is 0 Å². The van der Waals surface area contributed by atoms with Gasteiger partial charge in [-0.15, -0.1) is 0 Å².